The molecule has 1 aliphatic heterocycles. The second kappa shape index (κ2) is 4.81. The first-order valence-corrected chi connectivity index (χ1v) is 7.29. The molecule has 0 aliphatic carbocycles. The van der Waals surface area contributed by atoms with Gasteiger partial charge in [-0.15, -0.1) is 0 Å². The average molecular weight is 278 g/mol. The Bertz CT molecular complexity index is 790. The van der Waals surface area contributed by atoms with Crippen molar-refractivity contribution < 1.29 is 0 Å². The first kappa shape index (κ1) is 12.3. The number of nitrogens with zero attached hydrogens (tertiary/aromatic N) is 2. The van der Waals surface area contributed by atoms with Crippen LogP contribution in [0.3, 0.4) is 0 Å². The minimum Gasteiger partial charge on any atom is -0.381 e. The van der Waals surface area contributed by atoms with Crippen LogP contribution in [0, 0.1) is 0 Å². The van der Waals surface area contributed by atoms with E-state index in [1.165, 1.54) is 16.8 Å². The topological polar surface area (TPSA) is 44.0 Å². The molecule has 0 amide bonds. The fourth-order valence-corrected chi connectivity index (χ4v) is 2.99. The Kier molecular flexibility index (Phi) is 2.81. The highest BCUT2D eigenvalue weighted by Crippen LogP contribution is 2.27. The number of anilines is 2. The number of nitrogens with one attached hydrogen (secondary N) is 2. The zero-order valence-corrected chi connectivity index (χ0v) is 12.1. The Balaban J connectivity index is 1.51. The molecule has 106 valence electrons. The third kappa shape index (κ3) is 2.23. The highest BCUT2D eigenvalue weighted by Gasteiger charge is 2.15. The van der Waals surface area contributed by atoms with E-state index in [0.29, 0.717) is 0 Å². The van der Waals surface area contributed by atoms with Crippen LogP contribution in [0.4, 0.5) is 11.4 Å². The lowest BCUT2D eigenvalue weighted by Gasteiger charge is -2.12. The molecule has 21 heavy (non-hydrogen) atoms. The van der Waals surface area contributed by atoms with Crippen molar-refractivity contribution in [1.29, 1.82) is 0 Å². The Morgan fingerprint density at radius 1 is 1.24 bits per heavy atom. The quantitative estimate of drug-likeness (QED) is 0.773. The molecule has 4 heteroatoms. The SMILES string of the molecule is CN1CCc2cc(CNc3ccc4[nH]ncc4c3)ccc21. The summed E-state index contributed by atoms with van der Waals surface area (Å²) >= 11 is 0. The van der Waals surface area contributed by atoms with Crippen LogP contribution >= 0.6 is 0 Å². The smallest absolute Gasteiger partial charge is 0.0651 e. The fraction of sp³-hybridized carbons (Fsp3) is 0.235. The normalized spacial score (nSPS) is 13.7. The minimum atomic E-state index is 0.848. The lowest BCUT2D eigenvalue weighted by molar-refractivity contribution is 0.955. The van der Waals surface area contributed by atoms with Crippen molar-refractivity contribution in [3.05, 3.63) is 53.7 Å². The van der Waals surface area contributed by atoms with Gasteiger partial charge in [0, 0.05) is 36.9 Å². The van der Waals surface area contributed by atoms with Crippen molar-refractivity contribution in [3.8, 4) is 0 Å². The van der Waals surface area contributed by atoms with Gasteiger partial charge in [0.1, 0.15) is 0 Å². The van der Waals surface area contributed by atoms with Crippen molar-refractivity contribution in [2.75, 3.05) is 23.8 Å². The molecule has 2 aromatic carbocycles. The number of aromatic nitrogens is 2. The van der Waals surface area contributed by atoms with E-state index in [2.05, 4.69) is 63.9 Å². The van der Waals surface area contributed by atoms with Crippen LogP contribution in [0.5, 0.6) is 0 Å². The number of fused-ring (bicyclic) bond motifs is 2. The summed E-state index contributed by atoms with van der Waals surface area (Å²) in [6.07, 6.45) is 3.01. The first-order chi connectivity index (χ1) is 10.3. The standard InChI is InChI=1S/C17H18N4/c1-21-7-6-13-8-12(2-5-17(13)21)10-18-15-3-4-16-14(9-15)11-19-20-16/h2-5,8-9,11,18H,6-7,10H2,1H3,(H,19,20). The molecule has 4 nitrogen and oxygen atoms in total. The van der Waals surface area contributed by atoms with Crippen LogP contribution in [-0.4, -0.2) is 23.8 Å². The van der Waals surface area contributed by atoms with Crippen LogP contribution in [0.15, 0.2) is 42.6 Å². The molecule has 0 unspecified atom stereocenters. The Morgan fingerprint density at radius 2 is 2.19 bits per heavy atom. The zero-order valence-electron chi connectivity index (χ0n) is 12.1. The van der Waals surface area contributed by atoms with E-state index < -0.39 is 0 Å². The van der Waals surface area contributed by atoms with Gasteiger partial charge in [0.2, 0.25) is 0 Å². The van der Waals surface area contributed by atoms with E-state index in [9.17, 15) is 0 Å². The second-order valence-corrected chi connectivity index (χ2v) is 5.66. The molecule has 4 rings (SSSR count). The largest absolute Gasteiger partial charge is 0.381 e. The molecular formula is C17H18N4. The molecular weight excluding hydrogens is 260 g/mol. The lowest BCUT2D eigenvalue weighted by atomic mass is 10.1. The van der Waals surface area contributed by atoms with E-state index in [1.54, 1.807) is 0 Å². The van der Waals surface area contributed by atoms with Gasteiger partial charge in [0.25, 0.3) is 0 Å². The van der Waals surface area contributed by atoms with Crippen molar-refractivity contribution in [1.82, 2.24) is 10.2 Å². The molecule has 3 aromatic rings. The van der Waals surface area contributed by atoms with Crippen LogP contribution in [0.25, 0.3) is 10.9 Å². The molecule has 0 radical (unpaired) electrons. The van der Waals surface area contributed by atoms with E-state index in [0.717, 1.165) is 36.1 Å². The summed E-state index contributed by atoms with van der Waals surface area (Å²) in [5.41, 5.74) is 6.36. The molecule has 0 saturated carbocycles. The number of hydrogen-bond donors (Lipinski definition) is 2. The molecule has 0 atom stereocenters. The first-order valence-electron chi connectivity index (χ1n) is 7.29. The Labute approximate surface area is 123 Å². The molecule has 1 aliphatic rings. The molecule has 1 aromatic heterocycles. The summed E-state index contributed by atoms with van der Waals surface area (Å²) in [7, 11) is 2.16. The second-order valence-electron chi connectivity index (χ2n) is 5.66. The molecule has 2 N–H and O–H groups in total. The average Bonchev–Trinajstić information content (AvgIpc) is 3.11. The van der Waals surface area contributed by atoms with Gasteiger partial charge in [0.05, 0.1) is 11.7 Å². The number of H-pyrrole nitrogens is 1. The third-order valence-corrected chi connectivity index (χ3v) is 4.21. The highest BCUT2D eigenvalue weighted by molar-refractivity contribution is 5.81. The van der Waals surface area contributed by atoms with Gasteiger partial charge >= 0.3 is 0 Å². The van der Waals surface area contributed by atoms with Crippen LogP contribution in [0.1, 0.15) is 11.1 Å². The maximum Gasteiger partial charge on any atom is 0.0651 e. The summed E-state index contributed by atoms with van der Waals surface area (Å²) in [5.74, 6) is 0. The van der Waals surface area contributed by atoms with Crippen molar-refractivity contribution in [3.63, 3.8) is 0 Å². The maximum atomic E-state index is 4.05. The Morgan fingerprint density at radius 3 is 3.14 bits per heavy atom. The van der Waals surface area contributed by atoms with Crippen molar-refractivity contribution in [2.45, 2.75) is 13.0 Å². The predicted octanol–water partition coefficient (Wildman–Crippen LogP) is 3.17. The summed E-state index contributed by atoms with van der Waals surface area (Å²) < 4.78 is 0. The van der Waals surface area contributed by atoms with E-state index in [4.69, 9.17) is 0 Å². The number of hydrogen-bond acceptors (Lipinski definition) is 3. The van der Waals surface area contributed by atoms with Crippen molar-refractivity contribution in [2.24, 2.45) is 0 Å². The minimum absolute atomic E-state index is 0.848. The highest BCUT2D eigenvalue weighted by atomic mass is 15.1. The van der Waals surface area contributed by atoms with Crippen LogP contribution in [-0.2, 0) is 13.0 Å². The van der Waals surface area contributed by atoms with Gasteiger partial charge in [-0.05, 0) is 41.8 Å². The molecule has 0 bridgehead atoms. The van der Waals surface area contributed by atoms with E-state index in [-0.39, 0.29) is 0 Å². The van der Waals surface area contributed by atoms with E-state index in [1.807, 2.05) is 6.20 Å². The van der Waals surface area contributed by atoms with Gasteiger partial charge in [-0.25, -0.2) is 0 Å². The summed E-state index contributed by atoms with van der Waals surface area (Å²) in [6.45, 7) is 1.98. The maximum absolute atomic E-state index is 4.05. The number of likely N-dealkylation sites (N-methyl/N-ethyl adjacent to an activating group) is 1. The van der Waals surface area contributed by atoms with Crippen molar-refractivity contribution >= 4 is 22.3 Å². The molecule has 0 spiro atoms. The zero-order chi connectivity index (χ0) is 14.2. The third-order valence-electron chi connectivity index (χ3n) is 4.21. The summed E-state index contributed by atoms with van der Waals surface area (Å²) in [5, 5.41) is 11.6. The predicted molar refractivity (Wildman–Crippen MR) is 86.8 cm³/mol. The van der Waals surface area contributed by atoms with Crippen LogP contribution < -0.4 is 10.2 Å². The monoisotopic (exact) mass is 278 g/mol. The number of rotatable bonds is 3. The lowest BCUT2D eigenvalue weighted by Crippen LogP contribution is -2.12. The van der Waals surface area contributed by atoms with Gasteiger partial charge in [-0.1, -0.05) is 12.1 Å². The summed E-state index contributed by atoms with van der Waals surface area (Å²) in [6, 6.07) is 13.0. The number of benzene rings is 2. The number of aromatic amines is 1. The van der Waals surface area contributed by atoms with Gasteiger partial charge in [-0.2, -0.15) is 5.10 Å². The van der Waals surface area contributed by atoms with Gasteiger partial charge < -0.3 is 10.2 Å². The molecule has 0 fully saturated rings. The Hall–Kier alpha value is -2.49. The fourth-order valence-electron chi connectivity index (χ4n) is 2.99. The molecule has 0 saturated heterocycles. The molecule has 2 heterocycles. The summed E-state index contributed by atoms with van der Waals surface area (Å²) in [4.78, 5) is 2.32. The van der Waals surface area contributed by atoms with E-state index >= 15 is 0 Å². The van der Waals surface area contributed by atoms with Gasteiger partial charge in [-0.3, -0.25) is 5.10 Å². The van der Waals surface area contributed by atoms with Crippen LogP contribution in [0.2, 0.25) is 0 Å². The van der Waals surface area contributed by atoms with Gasteiger partial charge in [0.15, 0.2) is 0 Å².